The summed E-state index contributed by atoms with van der Waals surface area (Å²) in [5, 5.41) is 1.06. The van der Waals surface area contributed by atoms with Gasteiger partial charge in [-0.15, -0.1) is 0 Å². The Balaban J connectivity index is 1.34. The largest absolute Gasteiger partial charge is 0.744 e. The minimum absolute atomic E-state index is 0.234. The summed E-state index contributed by atoms with van der Waals surface area (Å²) in [7, 11) is -4.47. The third-order valence-electron chi connectivity index (χ3n) is 6.66. The van der Waals surface area contributed by atoms with Gasteiger partial charge in [0.15, 0.2) is 24.2 Å². The van der Waals surface area contributed by atoms with Gasteiger partial charge < -0.3 is 28.2 Å². The molecule has 0 radical (unpaired) electrons. The van der Waals surface area contributed by atoms with Gasteiger partial charge in [-0.25, -0.2) is 8.42 Å². The lowest BCUT2D eigenvalue weighted by Gasteiger charge is -2.13. The van der Waals surface area contributed by atoms with E-state index in [1.807, 2.05) is 54.7 Å². The lowest BCUT2D eigenvalue weighted by atomic mass is 10.1. The predicted octanol–water partition coefficient (Wildman–Crippen LogP) is 4.07. The monoisotopic (exact) mass is 591 g/mol. The lowest BCUT2D eigenvalue weighted by molar-refractivity contribution is -0.662. The van der Waals surface area contributed by atoms with Crippen molar-refractivity contribution in [1.82, 2.24) is 0 Å². The molecule has 0 amide bonds. The molecule has 1 aromatic heterocycles. The summed E-state index contributed by atoms with van der Waals surface area (Å²) >= 11 is 0. The first kappa shape index (κ1) is 29.7. The van der Waals surface area contributed by atoms with Gasteiger partial charge >= 0.3 is 0 Å². The molecule has 220 valence electrons. The van der Waals surface area contributed by atoms with Crippen LogP contribution in [-0.2, 0) is 30.9 Å². The third kappa shape index (κ3) is 8.15. The summed E-state index contributed by atoms with van der Waals surface area (Å²) in [6, 6.07) is 22.0. The minimum Gasteiger partial charge on any atom is -0.744 e. The number of benzene rings is 3. The van der Waals surface area contributed by atoms with Crippen molar-refractivity contribution in [1.29, 1.82) is 0 Å². The van der Waals surface area contributed by atoms with E-state index < -0.39 is 10.1 Å². The predicted molar refractivity (Wildman–Crippen MR) is 156 cm³/mol. The van der Waals surface area contributed by atoms with Gasteiger partial charge in [0.25, 0.3) is 0 Å². The Kier molecular flexibility index (Phi) is 10.2. The molecule has 1 aliphatic heterocycles. The van der Waals surface area contributed by atoms with Gasteiger partial charge in [0.1, 0.15) is 23.3 Å². The Hall–Kier alpha value is -3.80. The second-order valence-corrected chi connectivity index (χ2v) is 11.0. The normalized spacial score (nSPS) is 15.7. The van der Waals surface area contributed by atoms with Gasteiger partial charge in [0.2, 0.25) is 5.52 Å². The Morgan fingerprint density at radius 1 is 0.714 bits per heavy atom. The van der Waals surface area contributed by atoms with Crippen molar-refractivity contribution in [2.24, 2.45) is 0 Å². The molecule has 42 heavy (non-hydrogen) atoms. The van der Waals surface area contributed by atoms with Crippen LogP contribution in [0.25, 0.3) is 23.1 Å². The van der Waals surface area contributed by atoms with E-state index in [0.29, 0.717) is 70.9 Å². The van der Waals surface area contributed by atoms with E-state index in [2.05, 4.69) is 16.7 Å². The van der Waals surface area contributed by atoms with Gasteiger partial charge in [-0.2, -0.15) is 4.57 Å². The third-order valence-corrected chi connectivity index (χ3v) is 7.51. The van der Waals surface area contributed by atoms with Crippen LogP contribution in [0.2, 0.25) is 0 Å². The van der Waals surface area contributed by atoms with Gasteiger partial charge in [0, 0.05) is 17.7 Å². The number of ether oxygens (including phenoxy) is 5. The van der Waals surface area contributed by atoms with Crippen molar-refractivity contribution >= 4 is 33.2 Å². The molecule has 2 heterocycles. The highest BCUT2D eigenvalue weighted by molar-refractivity contribution is 7.85. The van der Waals surface area contributed by atoms with Crippen molar-refractivity contribution in [2.45, 2.75) is 11.4 Å². The van der Waals surface area contributed by atoms with Crippen LogP contribution in [-0.4, -0.2) is 65.8 Å². The number of nitrogens with zero attached hydrogens (tertiary/aromatic N) is 1. The number of fused-ring (bicyclic) bond motifs is 2. The Morgan fingerprint density at radius 2 is 1.36 bits per heavy atom. The van der Waals surface area contributed by atoms with E-state index in [-0.39, 0.29) is 4.90 Å². The van der Waals surface area contributed by atoms with Crippen LogP contribution in [0.3, 0.4) is 0 Å². The van der Waals surface area contributed by atoms with Gasteiger partial charge in [-0.3, -0.25) is 0 Å². The number of para-hydroxylation sites is 1. The van der Waals surface area contributed by atoms with Crippen LogP contribution >= 0.6 is 0 Å². The van der Waals surface area contributed by atoms with Crippen LogP contribution < -0.4 is 14.0 Å². The van der Waals surface area contributed by atoms with Crippen LogP contribution in [0.1, 0.15) is 16.7 Å². The Bertz CT molecular complexity index is 1620. The average Bonchev–Trinajstić information content (AvgIpc) is 3.00. The Labute approximate surface area is 245 Å². The lowest BCUT2D eigenvalue weighted by Crippen LogP contribution is -2.34. The standard InChI is InChI=1S/C32H33NO8S/c34-42(35,36)28-10-6-26(7-11-28)24-33-14-13-27(29-3-1-2-4-30(29)33)9-5-25-8-12-31-32(23-25)41-22-20-39-18-16-37-15-17-38-19-21-40-31/h1-14,23H,15-22,24H2/b9-5-. The van der Waals surface area contributed by atoms with Crippen molar-refractivity contribution in [3.8, 4) is 11.5 Å². The molecular formula is C32H33NO8S. The zero-order chi connectivity index (χ0) is 29.2. The molecule has 0 atom stereocenters. The highest BCUT2D eigenvalue weighted by Crippen LogP contribution is 2.30. The molecule has 0 saturated heterocycles. The SMILES string of the molecule is O=S(=O)([O-])c1ccc(C[n+]2ccc(/C=C\c3ccc4c(c3)OCCOCCOCCOCCO4)c3ccccc32)cc1. The van der Waals surface area contributed by atoms with Crippen LogP contribution in [0.15, 0.2) is 83.9 Å². The molecule has 10 heteroatoms. The van der Waals surface area contributed by atoms with Crippen LogP contribution in [0.5, 0.6) is 11.5 Å². The van der Waals surface area contributed by atoms with E-state index in [9.17, 15) is 13.0 Å². The number of pyridine rings is 1. The number of rotatable bonds is 5. The molecule has 0 bridgehead atoms. The molecule has 0 N–H and O–H groups in total. The minimum atomic E-state index is -4.47. The molecule has 4 aromatic rings. The second kappa shape index (κ2) is 14.4. The van der Waals surface area contributed by atoms with E-state index in [1.54, 1.807) is 12.1 Å². The van der Waals surface area contributed by atoms with Gasteiger partial charge in [-0.05, 0) is 41.5 Å². The first-order valence-electron chi connectivity index (χ1n) is 13.7. The molecule has 0 aliphatic carbocycles. The summed E-state index contributed by atoms with van der Waals surface area (Å²) in [6.45, 7) is 4.25. The summed E-state index contributed by atoms with van der Waals surface area (Å²) < 4.78 is 64.4. The fourth-order valence-corrected chi connectivity index (χ4v) is 5.03. The zero-order valence-corrected chi connectivity index (χ0v) is 24.0. The van der Waals surface area contributed by atoms with Crippen molar-refractivity contribution in [3.05, 3.63) is 95.7 Å². The number of hydrogen-bond acceptors (Lipinski definition) is 8. The molecule has 5 rings (SSSR count). The molecule has 0 fully saturated rings. The topological polar surface area (TPSA) is 107 Å². The van der Waals surface area contributed by atoms with Crippen molar-refractivity contribution in [3.63, 3.8) is 0 Å². The molecule has 0 spiro atoms. The molecular weight excluding hydrogens is 558 g/mol. The number of aromatic nitrogens is 1. The molecule has 3 aromatic carbocycles. The van der Waals surface area contributed by atoms with Crippen molar-refractivity contribution in [2.75, 3.05) is 52.9 Å². The number of hydrogen-bond donors (Lipinski definition) is 0. The van der Waals surface area contributed by atoms with E-state index in [4.69, 9.17) is 23.7 Å². The van der Waals surface area contributed by atoms with Crippen molar-refractivity contribution < 1.29 is 41.2 Å². The summed E-state index contributed by atoms with van der Waals surface area (Å²) in [4.78, 5) is -0.234. The van der Waals surface area contributed by atoms with Gasteiger partial charge in [-0.1, -0.05) is 42.5 Å². The fourth-order valence-electron chi connectivity index (χ4n) is 4.56. The molecule has 9 nitrogen and oxygen atoms in total. The first-order chi connectivity index (χ1) is 20.5. The second-order valence-electron chi connectivity index (χ2n) is 9.59. The highest BCUT2D eigenvalue weighted by atomic mass is 32.2. The fraction of sp³-hybridized carbons (Fsp3) is 0.281. The van der Waals surface area contributed by atoms with E-state index in [1.165, 1.54) is 12.1 Å². The Morgan fingerprint density at radius 3 is 2.05 bits per heavy atom. The maximum atomic E-state index is 11.3. The first-order valence-corrected chi connectivity index (χ1v) is 15.2. The van der Waals surface area contributed by atoms with Crippen LogP contribution in [0, 0.1) is 0 Å². The average molecular weight is 592 g/mol. The maximum Gasteiger partial charge on any atom is 0.213 e. The van der Waals surface area contributed by atoms with Gasteiger partial charge in [0.05, 0.1) is 49.9 Å². The summed E-state index contributed by atoms with van der Waals surface area (Å²) in [5.74, 6) is 1.28. The quantitative estimate of drug-likeness (QED) is 0.253. The smallest absolute Gasteiger partial charge is 0.213 e. The summed E-state index contributed by atoms with van der Waals surface area (Å²) in [5.41, 5.74) is 3.89. The van der Waals surface area contributed by atoms with E-state index in [0.717, 1.165) is 27.6 Å². The highest BCUT2D eigenvalue weighted by Gasteiger charge is 2.13. The van der Waals surface area contributed by atoms with E-state index >= 15 is 0 Å². The zero-order valence-electron chi connectivity index (χ0n) is 23.1. The molecule has 0 unspecified atom stereocenters. The maximum absolute atomic E-state index is 11.3. The summed E-state index contributed by atoms with van der Waals surface area (Å²) in [6.07, 6.45) is 6.09. The molecule has 0 saturated carbocycles. The molecule has 1 aliphatic rings. The van der Waals surface area contributed by atoms with Crippen LogP contribution in [0.4, 0.5) is 0 Å².